The van der Waals surface area contributed by atoms with Crippen LogP contribution in [0, 0.1) is 11.8 Å². The standard InChI is InChI=1S/C13H23BrN3O2/c1-8-10(6-14)15-11(7-17(3,4)5)9(2)13(19)16(15)12(8)18/h8-11H,6-7H2,1-5H3/q+1. The van der Waals surface area contributed by atoms with E-state index in [1.165, 1.54) is 5.01 Å². The summed E-state index contributed by atoms with van der Waals surface area (Å²) in [6, 6.07) is 0.182. The molecule has 2 saturated heterocycles. The second-order valence-electron chi connectivity index (χ2n) is 6.71. The zero-order chi connectivity index (χ0) is 14.5. The van der Waals surface area contributed by atoms with E-state index in [-0.39, 0.29) is 35.7 Å². The van der Waals surface area contributed by atoms with Gasteiger partial charge in [-0.05, 0) is 0 Å². The largest absolute Gasteiger partial charge is 0.330 e. The molecule has 0 aromatic heterocycles. The van der Waals surface area contributed by atoms with Gasteiger partial charge in [0.05, 0.1) is 51.6 Å². The first kappa shape index (κ1) is 14.9. The fourth-order valence-electron chi connectivity index (χ4n) is 3.06. The van der Waals surface area contributed by atoms with Crippen LogP contribution in [0.5, 0.6) is 0 Å². The minimum absolute atomic E-state index is 0.0428. The van der Waals surface area contributed by atoms with E-state index in [0.717, 1.165) is 11.0 Å². The van der Waals surface area contributed by atoms with Gasteiger partial charge in [-0.25, -0.2) is 5.01 Å². The van der Waals surface area contributed by atoms with Gasteiger partial charge in [0.25, 0.3) is 0 Å². The molecule has 0 aliphatic carbocycles. The van der Waals surface area contributed by atoms with E-state index in [0.29, 0.717) is 5.33 Å². The molecule has 6 heteroatoms. The topological polar surface area (TPSA) is 40.6 Å². The Morgan fingerprint density at radius 2 is 1.53 bits per heavy atom. The van der Waals surface area contributed by atoms with Crippen LogP contribution in [-0.4, -0.2) is 71.4 Å². The highest BCUT2D eigenvalue weighted by Crippen LogP contribution is 2.38. The third kappa shape index (κ3) is 2.34. The molecular formula is C13H23BrN3O2+. The normalized spacial score (nSPS) is 36.2. The molecular weight excluding hydrogens is 310 g/mol. The summed E-state index contributed by atoms with van der Waals surface area (Å²) in [5, 5.41) is 4.14. The minimum atomic E-state index is -0.120. The smallest absolute Gasteiger partial charge is 0.248 e. The Hall–Kier alpha value is -0.460. The zero-order valence-corrected chi connectivity index (χ0v) is 13.8. The van der Waals surface area contributed by atoms with E-state index in [1.54, 1.807) is 0 Å². The zero-order valence-electron chi connectivity index (χ0n) is 12.3. The highest BCUT2D eigenvalue weighted by molar-refractivity contribution is 9.09. The lowest BCUT2D eigenvalue weighted by Crippen LogP contribution is -2.52. The number of hydrogen-bond donors (Lipinski definition) is 0. The van der Waals surface area contributed by atoms with E-state index in [2.05, 4.69) is 37.1 Å². The minimum Gasteiger partial charge on any atom is -0.330 e. The Bertz CT molecular complexity index is 407. The van der Waals surface area contributed by atoms with Crippen molar-refractivity contribution in [3.05, 3.63) is 0 Å². The van der Waals surface area contributed by atoms with Gasteiger partial charge in [0, 0.05) is 5.33 Å². The van der Waals surface area contributed by atoms with Crippen LogP contribution in [0.3, 0.4) is 0 Å². The predicted molar refractivity (Wildman–Crippen MR) is 76.3 cm³/mol. The van der Waals surface area contributed by atoms with Crippen molar-refractivity contribution >= 4 is 27.7 Å². The second kappa shape index (κ2) is 4.82. The van der Waals surface area contributed by atoms with Gasteiger partial charge < -0.3 is 4.48 Å². The van der Waals surface area contributed by atoms with Gasteiger partial charge in [0.2, 0.25) is 11.8 Å². The second-order valence-corrected chi connectivity index (χ2v) is 7.36. The molecule has 0 bridgehead atoms. The molecule has 2 aliphatic rings. The van der Waals surface area contributed by atoms with Crippen LogP contribution in [0.2, 0.25) is 0 Å². The van der Waals surface area contributed by atoms with Crippen LogP contribution in [0.15, 0.2) is 0 Å². The average Bonchev–Trinajstić information content (AvgIpc) is 2.67. The lowest BCUT2D eigenvalue weighted by Gasteiger charge is -2.35. The molecule has 0 radical (unpaired) electrons. The number of quaternary nitrogens is 1. The van der Waals surface area contributed by atoms with Crippen LogP contribution >= 0.6 is 15.9 Å². The fraction of sp³-hybridized carbons (Fsp3) is 0.846. The number of imide groups is 1. The molecule has 0 saturated carbocycles. The van der Waals surface area contributed by atoms with Crippen LogP contribution in [-0.2, 0) is 9.59 Å². The average molecular weight is 333 g/mol. The molecule has 4 unspecified atom stereocenters. The van der Waals surface area contributed by atoms with E-state index in [1.807, 2.05) is 18.9 Å². The molecule has 0 N–H and O–H groups in total. The summed E-state index contributed by atoms with van der Waals surface area (Å²) in [5.74, 6) is -0.329. The Balaban J connectivity index is 2.35. The summed E-state index contributed by atoms with van der Waals surface area (Å²) in [6.07, 6.45) is 0. The van der Waals surface area contributed by atoms with Gasteiger partial charge >= 0.3 is 0 Å². The number of likely N-dealkylation sites (N-methyl/N-ethyl adjacent to an activating group) is 1. The molecule has 0 aromatic rings. The molecule has 2 heterocycles. The quantitative estimate of drug-likeness (QED) is 0.434. The summed E-state index contributed by atoms with van der Waals surface area (Å²) < 4.78 is 0.782. The Morgan fingerprint density at radius 1 is 1.05 bits per heavy atom. The first-order valence-electron chi connectivity index (χ1n) is 6.71. The number of carbonyl (C=O) groups is 2. The fourth-order valence-corrected chi connectivity index (χ4v) is 3.92. The van der Waals surface area contributed by atoms with Gasteiger partial charge in [0.1, 0.15) is 0 Å². The first-order valence-corrected chi connectivity index (χ1v) is 7.83. The molecule has 0 aromatic carbocycles. The van der Waals surface area contributed by atoms with E-state index < -0.39 is 0 Å². The summed E-state index contributed by atoms with van der Waals surface area (Å²) in [5.41, 5.74) is 0. The number of carbonyl (C=O) groups excluding carboxylic acids is 2. The number of amides is 2. The van der Waals surface area contributed by atoms with Crippen LogP contribution in [0.25, 0.3) is 0 Å². The van der Waals surface area contributed by atoms with Crippen molar-refractivity contribution in [1.82, 2.24) is 10.0 Å². The summed E-state index contributed by atoms with van der Waals surface area (Å²) in [6.45, 7) is 4.70. The molecule has 5 nitrogen and oxygen atoms in total. The van der Waals surface area contributed by atoms with E-state index >= 15 is 0 Å². The van der Waals surface area contributed by atoms with Gasteiger partial charge in [-0.15, -0.1) is 0 Å². The van der Waals surface area contributed by atoms with Crippen molar-refractivity contribution in [2.75, 3.05) is 33.0 Å². The molecule has 2 amide bonds. The van der Waals surface area contributed by atoms with Gasteiger partial charge in [-0.1, -0.05) is 29.8 Å². The summed E-state index contributed by atoms with van der Waals surface area (Å²) in [7, 11) is 6.35. The number of halogens is 1. The summed E-state index contributed by atoms with van der Waals surface area (Å²) >= 11 is 3.49. The van der Waals surface area contributed by atoms with Gasteiger partial charge in [0.15, 0.2) is 0 Å². The molecule has 2 aliphatic heterocycles. The van der Waals surface area contributed by atoms with E-state index in [9.17, 15) is 9.59 Å². The molecule has 2 rings (SSSR count). The van der Waals surface area contributed by atoms with Crippen molar-refractivity contribution < 1.29 is 14.1 Å². The lowest BCUT2D eigenvalue weighted by atomic mass is 9.96. The molecule has 2 fully saturated rings. The Kier molecular flexibility index (Phi) is 3.79. The number of nitrogens with zero attached hydrogens (tertiary/aromatic N) is 3. The predicted octanol–water partition coefficient (Wildman–Crippen LogP) is 0.696. The first-order chi connectivity index (χ1) is 8.69. The van der Waals surface area contributed by atoms with Crippen molar-refractivity contribution in [2.45, 2.75) is 25.9 Å². The molecule has 108 valence electrons. The number of rotatable bonds is 3. The summed E-state index contributed by atoms with van der Waals surface area (Å²) in [4.78, 5) is 24.6. The number of fused-ring (bicyclic) bond motifs is 1. The van der Waals surface area contributed by atoms with E-state index in [4.69, 9.17) is 0 Å². The van der Waals surface area contributed by atoms with Crippen molar-refractivity contribution in [2.24, 2.45) is 11.8 Å². The highest BCUT2D eigenvalue weighted by atomic mass is 79.9. The van der Waals surface area contributed by atoms with Gasteiger partial charge in [-0.2, -0.15) is 5.01 Å². The number of hydrogen-bond acceptors (Lipinski definition) is 3. The Labute approximate surface area is 123 Å². The van der Waals surface area contributed by atoms with Crippen LogP contribution < -0.4 is 0 Å². The Morgan fingerprint density at radius 3 is 1.95 bits per heavy atom. The van der Waals surface area contributed by atoms with Crippen LogP contribution in [0.1, 0.15) is 13.8 Å². The third-order valence-electron chi connectivity index (χ3n) is 4.15. The lowest BCUT2D eigenvalue weighted by molar-refractivity contribution is -0.872. The molecule has 19 heavy (non-hydrogen) atoms. The number of alkyl halides is 1. The monoisotopic (exact) mass is 332 g/mol. The van der Waals surface area contributed by atoms with Crippen molar-refractivity contribution in [1.29, 1.82) is 0 Å². The SMILES string of the molecule is CC1C(=O)N2C(=O)C(C)C(C[N+](C)(C)C)N2C1CBr. The third-order valence-corrected chi connectivity index (χ3v) is 4.82. The molecule has 4 atom stereocenters. The maximum Gasteiger partial charge on any atom is 0.248 e. The molecule has 0 spiro atoms. The maximum atomic E-state index is 12.3. The maximum absolute atomic E-state index is 12.3. The van der Waals surface area contributed by atoms with Gasteiger partial charge in [-0.3, -0.25) is 9.59 Å². The highest BCUT2D eigenvalue weighted by Gasteiger charge is 2.58. The van der Waals surface area contributed by atoms with Crippen molar-refractivity contribution in [3.8, 4) is 0 Å². The number of hydrazine groups is 1. The van der Waals surface area contributed by atoms with Crippen LogP contribution in [0.4, 0.5) is 0 Å². The van der Waals surface area contributed by atoms with Crippen molar-refractivity contribution in [3.63, 3.8) is 0 Å².